The number of aryl methyl sites for hydroxylation is 1. The zero-order chi connectivity index (χ0) is 16.4. The minimum Gasteiger partial charge on any atom is -0.372 e. The second-order valence-corrected chi connectivity index (χ2v) is 5.06. The van der Waals surface area contributed by atoms with E-state index in [1.807, 2.05) is 0 Å². The topological polar surface area (TPSA) is 84.4 Å². The molecule has 1 heterocycles. The molecule has 0 aliphatic heterocycles. The molecule has 0 unspecified atom stereocenters. The highest BCUT2D eigenvalue weighted by molar-refractivity contribution is 6.30. The van der Waals surface area contributed by atoms with Gasteiger partial charge >= 0.3 is 5.69 Å². The number of hydroxylamine groups is 1. The summed E-state index contributed by atoms with van der Waals surface area (Å²) in [5.41, 5.74) is -1.02. The van der Waals surface area contributed by atoms with Crippen LogP contribution in [0.2, 0.25) is 5.02 Å². The normalized spacial score (nSPS) is 10.4. The average molecular weight is 324 g/mol. The first-order chi connectivity index (χ1) is 10.3. The molecule has 2 aromatic rings. The molecule has 2 rings (SSSR count). The summed E-state index contributed by atoms with van der Waals surface area (Å²) in [6.45, 7) is 2.76. The molecule has 1 aromatic heterocycles. The van der Waals surface area contributed by atoms with Crippen LogP contribution in [0.1, 0.15) is 12.6 Å². The van der Waals surface area contributed by atoms with E-state index in [1.54, 1.807) is 24.3 Å². The molecule has 0 saturated carbocycles. The van der Waals surface area contributed by atoms with Crippen molar-refractivity contribution in [3.05, 3.63) is 55.8 Å². The van der Waals surface area contributed by atoms with Crippen molar-refractivity contribution in [2.24, 2.45) is 7.05 Å². The second-order valence-electron chi connectivity index (χ2n) is 4.63. The molecule has 1 aromatic carbocycles. The number of halogens is 1. The smallest absolute Gasteiger partial charge is 0.328 e. The Morgan fingerprint density at radius 2 is 1.86 bits per heavy atom. The summed E-state index contributed by atoms with van der Waals surface area (Å²) in [6, 6.07) is 6.30. The van der Waals surface area contributed by atoms with Crippen LogP contribution < -0.4 is 21.1 Å². The Balaban J connectivity index is 2.52. The number of aromatic amines is 1. The van der Waals surface area contributed by atoms with E-state index < -0.39 is 17.2 Å². The molecule has 1 amide bonds. The van der Waals surface area contributed by atoms with Crippen LogP contribution in [0, 0.1) is 6.92 Å². The van der Waals surface area contributed by atoms with Gasteiger partial charge in [-0.05, 0) is 31.2 Å². The molecule has 116 valence electrons. The van der Waals surface area contributed by atoms with Crippen molar-refractivity contribution in [3.63, 3.8) is 0 Å². The van der Waals surface area contributed by atoms with Gasteiger partial charge in [-0.15, -0.1) is 5.06 Å². The van der Waals surface area contributed by atoms with Crippen LogP contribution >= 0.6 is 11.6 Å². The molecule has 0 atom stereocenters. The molecule has 0 aliphatic rings. The van der Waals surface area contributed by atoms with Crippen LogP contribution in [0.4, 0.5) is 5.69 Å². The SMILES string of the molecule is CC(=O)N(Oc1ccc(Cl)cc1)c1c(C)[nH]c(=O)n(C)c1=O. The number of nitrogens with one attached hydrogen (secondary N) is 1. The Labute approximate surface area is 130 Å². The fraction of sp³-hybridized carbons (Fsp3) is 0.214. The molecule has 0 saturated heterocycles. The first-order valence-electron chi connectivity index (χ1n) is 6.35. The molecule has 0 aliphatic carbocycles. The number of aromatic nitrogens is 2. The third-order valence-electron chi connectivity index (χ3n) is 2.96. The minimum atomic E-state index is -0.634. The van der Waals surface area contributed by atoms with Crippen LogP contribution in [0.15, 0.2) is 33.9 Å². The molecule has 22 heavy (non-hydrogen) atoms. The Morgan fingerprint density at radius 3 is 2.41 bits per heavy atom. The summed E-state index contributed by atoms with van der Waals surface area (Å²) in [7, 11) is 1.31. The molecule has 0 radical (unpaired) electrons. The lowest BCUT2D eigenvalue weighted by atomic mass is 10.3. The average Bonchev–Trinajstić information content (AvgIpc) is 2.46. The summed E-state index contributed by atoms with van der Waals surface area (Å²) in [4.78, 5) is 43.6. The van der Waals surface area contributed by atoms with Gasteiger partial charge in [-0.1, -0.05) is 11.6 Å². The van der Waals surface area contributed by atoms with Gasteiger partial charge in [0.05, 0.1) is 0 Å². The summed E-state index contributed by atoms with van der Waals surface area (Å²) in [6.07, 6.45) is 0. The maximum absolute atomic E-state index is 12.2. The quantitative estimate of drug-likeness (QED) is 0.865. The standard InChI is InChI=1S/C14H14ClN3O4/c1-8-12(13(20)17(3)14(21)16-8)18(9(2)19)22-11-6-4-10(15)5-7-11/h4-7H,1-3H3,(H,16,21). The molecule has 0 bridgehead atoms. The fourth-order valence-electron chi connectivity index (χ4n) is 1.82. The van der Waals surface area contributed by atoms with E-state index in [0.717, 1.165) is 9.63 Å². The van der Waals surface area contributed by atoms with Crippen LogP contribution in [0.3, 0.4) is 0 Å². The van der Waals surface area contributed by atoms with E-state index in [2.05, 4.69) is 4.98 Å². The van der Waals surface area contributed by atoms with Crippen molar-refractivity contribution < 1.29 is 9.63 Å². The van der Waals surface area contributed by atoms with Crippen molar-refractivity contribution in [1.82, 2.24) is 9.55 Å². The first-order valence-corrected chi connectivity index (χ1v) is 6.73. The summed E-state index contributed by atoms with van der Waals surface area (Å²) < 4.78 is 0.865. The van der Waals surface area contributed by atoms with Gasteiger partial charge < -0.3 is 9.82 Å². The largest absolute Gasteiger partial charge is 0.372 e. The Morgan fingerprint density at radius 1 is 1.27 bits per heavy atom. The number of hydrogen-bond acceptors (Lipinski definition) is 4. The van der Waals surface area contributed by atoms with Crippen molar-refractivity contribution in [2.75, 3.05) is 5.06 Å². The maximum atomic E-state index is 12.2. The lowest BCUT2D eigenvalue weighted by molar-refractivity contribution is -0.120. The van der Waals surface area contributed by atoms with E-state index in [1.165, 1.54) is 20.9 Å². The van der Waals surface area contributed by atoms with E-state index in [0.29, 0.717) is 10.8 Å². The molecule has 0 spiro atoms. The second kappa shape index (κ2) is 6.07. The van der Waals surface area contributed by atoms with E-state index in [-0.39, 0.29) is 11.4 Å². The van der Waals surface area contributed by atoms with Gasteiger partial charge in [-0.3, -0.25) is 14.2 Å². The molecular weight excluding hydrogens is 310 g/mol. The van der Waals surface area contributed by atoms with Crippen molar-refractivity contribution in [1.29, 1.82) is 0 Å². The lowest BCUT2D eigenvalue weighted by Gasteiger charge is -2.21. The third kappa shape index (κ3) is 3.04. The number of carbonyl (C=O) groups is 1. The highest BCUT2D eigenvalue weighted by Gasteiger charge is 2.22. The van der Waals surface area contributed by atoms with Gasteiger partial charge in [-0.25, -0.2) is 4.79 Å². The van der Waals surface area contributed by atoms with Gasteiger partial charge in [0.15, 0.2) is 11.4 Å². The molecule has 7 nitrogen and oxygen atoms in total. The van der Waals surface area contributed by atoms with Gasteiger partial charge in [-0.2, -0.15) is 0 Å². The number of H-pyrrole nitrogens is 1. The van der Waals surface area contributed by atoms with E-state index >= 15 is 0 Å². The van der Waals surface area contributed by atoms with Gasteiger partial charge in [0.2, 0.25) is 0 Å². The monoisotopic (exact) mass is 323 g/mol. The van der Waals surface area contributed by atoms with E-state index in [4.69, 9.17) is 16.4 Å². The van der Waals surface area contributed by atoms with Gasteiger partial charge in [0.1, 0.15) is 0 Å². The Bertz CT molecular complexity index is 823. The molecular formula is C14H14ClN3O4. The van der Waals surface area contributed by atoms with Crippen LogP contribution in [-0.2, 0) is 11.8 Å². The first kappa shape index (κ1) is 15.8. The number of rotatable bonds is 3. The van der Waals surface area contributed by atoms with Crippen LogP contribution in [-0.4, -0.2) is 15.5 Å². The number of anilines is 1. The number of hydrogen-bond donors (Lipinski definition) is 1. The summed E-state index contributed by atoms with van der Waals surface area (Å²) in [5.74, 6) is -0.186. The number of carbonyl (C=O) groups excluding carboxylic acids is 1. The maximum Gasteiger partial charge on any atom is 0.328 e. The number of nitrogens with zero attached hydrogens (tertiary/aromatic N) is 2. The van der Waals surface area contributed by atoms with Crippen molar-refractivity contribution >= 4 is 23.2 Å². The minimum absolute atomic E-state index is 0.0513. The predicted molar refractivity (Wildman–Crippen MR) is 82.3 cm³/mol. The predicted octanol–water partition coefficient (Wildman–Crippen LogP) is 1.38. The van der Waals surface area contributed by atoms with Gasteiger partial charge in [0.25, 0.3) is 11.5 Å². The number of amides is 1. The summed E-state index contributed by atoms with van der Waals surface area (Å²) in [5, 5.41) is 1.36. The fourth-order valence-corrected chi connectivity index (χ4v) is 1.95. The van der Waals surface area contributed by atoms with Crippen molar-refractivity contribution in [2.45, 2.75) is 13.8 Å². The molecule has 8 heteroatoms. The van der Waals surface area contributed by atoms with Gasteiger partial charge in [0, 0.05) is 24.7 Å². The zero-order valence-electron chi connectivity index (χ0n) is 12.2. The van der Waals surface area contributed by atoms with E-state index in [9.17, 15) is 14.4 Å². The third-order valence-corrected chi connectivity index (χ3v) is 3.21. The highest BCUT2D eigenvalue weighted by atomic mass is 35.5. The Kier molecular flexibility index (Phi) is 4.37. The van der Waals surface area contributed by atoms with Crippen LogP contribution in [0.5, 0.6) is 5.75 Å². The summed E-state index contributed by atoms with van der Waals surface area (Å²) >= 11 is 5.79. The lowest BCUT2D eigenvalue weighted by Crippen LogP contribution is -2.42. The highest BCUT2D eigenvalue weighted by Crippen LogP contribution is 2.20. The number of benzene rings is 1. The molecule has 0 fully saturated rings. The zero-order valence-corrected chi connectivity index (χ0v) is 13.0. The Hall–Kier alpha value is -2.54. The molecule has 1 N–H and O–H groups in total. The van der Waals surface area contributed by atoms with Crippen LogP contribution in [0.25, 0.3) is 0 Å². The van der Waals surface area contributed by atoms with Crippen molar-refractivity contribution in [3.8, 4) is 5.75 Å².